The Morgan fingerprint density at radius 2 is 1.77 bits per heavy atom. The lowest BCUT2D eigenvalue weighted by Gasteiger charge is -2.41. The quantitative estimate of drug-likeness (QED) is 0.641. The van der Waals surface area contributed by atoms with Crippen LogP contribution in [0.25, 0.3) is 0 Å². The van der Waals surface area contributed by atoms with E-state index in [2.05, 4.69) is 52.1 Å². The lowest BCUT2D eigenvalue weighted by Crippen LogP contribution is -2.46. The van der Waals surface area contributed by atoms with E-state index in [1.54, 1.807) is 6.92 Å². The molecule has 1 amide bonds. The summed E-state index contributed by atoms with van der Waals surface area (Å²) in [6.07, 6.45) is 1.97. The Morgan fingerprint density at radius 1 is 1.13 bits per heavy atom. The normalized spacial score (nSPS) is 18.7. The molecule has 4 nitrogen and oxygen atoms in total. The van der Waals surface area contributed by atoms with E-state index < -0.39 is 6.10 Å². The van der Waals surface area contributed by atoms with Crippen LogP contribution >= 0.6 is 0 Å². The molecular weight excluding hydrogens is 374 g/mol. The molecule has 30 heavy (non-hydrogen) atoms. The first-order valence-corrected chi connectivity index (χ1v) is 11.0. The standard InChI is InChI=1S/C26H35NO3/c1-7-26(8-2)17-22(21-11-9-10-12-23(21)30-26)27-24(28)18(3)29-20-15-13-19(14-16-20)25(4,5)6/h9-16,18,22H,7-8,17H2,1-6H3,(H,27,28). The zero-order valence-corrected chi connectivity index (χ0v) is 19.1. The van der Waals surface area contributed by atoms with Crippen molar-refractivity contribution in [3.63, 3.8) is 0 Å². The van der Waals surface area contributed by atoms with Gasteiger partial charge in [-0.05, 0) is 48.9 Å². The Kier molecular flexibility index (Phi) is 6.44. The van der Waals surface area contributed by atoms with Crippen LogP contribution in [-0.2, 0) is 10.2 Å². The van der Waals surface area contributed by atoms with E-state index in [4.69, 9.17) is 9.47 Å². The van der Waals surface area contributed by atoms with E-state index in [-0.39, 0.29) is 23.0 Å². The largest absolute Gasteiger partial charge is 0.487 e. The molecule has 1 N–H and O–H groups in total. The molecule has 1 aliphatic rings. The second-order valence-corrected chi connectivity index (χ2v) is 9.33. The molecule has 2 aromatic rings. The van der Waals surface area contributed by atoms with Crippen molar-refractivity contribution < 1.29 is 14.3 Å². The van der Waals surface area contributed by atoms with Gasteiger partial charge < -0.3 is 14.8 Å². The van der Waals surface area contributed by atoms with Gasteiger partial charge in [0.05, 0.1) is 6.04 Å². The Morgan fingerprint density at radius 3 is 2.37 bits per heavy atom. The number of amides is 1. The van der Waals surface area contributed by atoms with Crippen LogP contribution in [0.2, 0.25) is 0 Å². The highest BCUT2D eigenvalue weighted by Gasteiger charge is 2.39. The van der Waals surface area contributed by atoms with E-state index in [1.807, 2.05) is 36.4 Å². The third kappa shape index (κ3) is 4.80. The first-order chi connectivity index (χ1) is 14.2. The third-order valence-electron chi connectivity index (χ3n) is 6.20. The summed E-state index contributed by atoms with van der Waals surface area (Å²) < 4.78 is 12.3. The fraction of sp³-hybridized carbons (Fsp3) is 0.500. The van der Waals surface area contributed by atoms with Crippen molar-refractivity contribution in [2.45, 2.75) is 84.0 Å². The maximum atomic E-state index is 13.0. The maximum Gasteiger partial charge on any atom is 0.261 e. The Hall–Kier alpha value is -2.49. The predicted octanol–water partition coefficient (Wildman–Crippen LogP) is 5.95. The fourth-order valence-electron chi connectivity index (χ4n) is 4.01. The number of fused-ring (bicyclic) bond motifs is 1. The van der Waals surface area contributed by atoms with Gasteiger partial charge in [0, 0.05) is 12.0 Å². The number of benzene rings is 2. The highest BCUT2D eigenvalue weighted by molar-refractivity contribution is 5.81. The van der Waals surface area contributed by atoms with Crippen molar-refractivity contribution in [2.75, 3.05) is 0 Å². The predicted molar refractivity (Wildman–Crippen MR) is 121 cm³/mol. The van der Waals surface area contributed by atoms with Crippen LogP contribution in [-0.4, -0.2) is 17.6 Å². The fourth-order valence-corrected chi connectivity index (χ4v) is 4.01. The first kappa shape index (κ1) is 22.2. The molecule has 162 valence electrons. The molecule has 0 aromatic heterocycles. The molecule has 0 radical (unpaired) electrons. The zero-order chi connectivity index (χ0) is 21.9. The smallest absolute Gasteiger partial charge is 0.261 e. The van der Waals surface area contributed by atoms with Gasteiger partial charge in [-0.15, -0.1) is 0 Å². The van der Waals surface area contributed by atoms with Gasteiger partial charge in [-0.1, -0.05) is 65.0 Å². The van der Waals surface area contributed by atoms with Gasteiger partial charge in [0.25, 0.3) is 5.91 Å². The van der Waals surface area contributed by atoms with Crippen molar-refractivity contribution >= 4 is 5.91 Å². The van der Waals surface area contributed by atoms with Crippen LogP contribution in [0.4, 0.5) is 0 Å². The number of ether oxygens (including phenoxy) is 2. The van der Waals surface area contributed by atoms with E-state index in [1.165, 1.54) is 5.56 Å². The first-order valence-electron chi connectivity index (χ1n) is 11.0. The van der Waals surface area contributed by atoms with E-state index in [9.17, 15) is 4.79 Å². The molecule has 0 bridgehead atoms. The van der Waals surface area contributed by atoms with Gasteiger partial charge in [0.2, 0.25) is 0 Å². The van der Waals surface area contributed by atoms with Gasteiger partial charge in [0.15, 0.2) is 6.10 Å². The van der Waals surface area contributed by atoms with E-state index >= 15 is 0 Å². The number of rotatable bonds is 6. The molecule has 2 aromatic carbocycles. The summed E-state index contributed by atoms with van der Waals surface area (Å²) in [5.74, 6) is 1.45. The summed E-state index contributed by atoms with van der Waals surface area (Å²) >= 11 is 0. The van der Waals surface area contributed by atoms with Gasteiger partial charge in [-0.25, -0.2) is 0 Å². The van der Waals surface area contributed by atoms with Gasteiger partial charge >= 0.3 is 0 Å². The Balaban J connectivity index is 1.71. The van der Waals surface area contributed by atoms with Crippen molar-refractivity contribution in [1.29, 1.82) is 0 Å². The molecule has 0 aliphatic carbocycles. The number of para-hydroxylation sites is 1. The van der Waals surface area contributed by atoms with Crippen LogP contribution in [0.15, 0.2) is 48.5 Å². The Bertz CT molecular complexity index is 863. The lowest BCUT2D eigenvalue weighted by atomic mass is 9.83. The van der Waals surface area contributed by atoms with Crippen LogP contribution < -0.4 is 14.8 Å². The number of hydrogen-bond acceptors (Lipinski definition) is 3. The molecule has 1 heterocycles. The number of nitrogens with one attached hydrogen (secondary N) is 1. The highest BCUT2D eigenvalue weighted by atomic mass is 16.5. The van der Waals surface area contributed by atoms with Crippen LogP contribution in [0.5, 0.6) is 11.5 Å². The summed E-state index contributed by atoms with van der Waals surface area (Å²) in [5.41, 5.74) is 2.11. The summed E-state index contributed by atoms with van der Waals surface area (Å²) in [6, 6.07) is 15.9. The molecule has 1 aliphatic heterocycles. The van der Waals surface area contributed by atoms with Crippen LogP contribution in [0.3, 0.4) is 0 Å². The monoisotopic (exact) mass is 409 g/mol. The number of carbonyl (C=O) groups excluding carboxylic acids is 1. The second-order valence-electron chi connectivity index (χ2n) is 9.33. The lowest BCUT2D eigenvalue weighted by molar-refractivity contribution is -0.128. The Labute approximate surface area is 181 Å². The summed E-state index contributed by atoms with van der Waals surface area (Å²) in [6.45, 7) is 12.6. The van der Waals surface area contributed by atoms with Crippen molar-refractivity contribution in [1.82, 2.24) is 5.32 Å². The molecular formula is C26H35NO3. The van der Waals surface area contributed by atoms with E-state index in [0.717, 1.165) is 30.6 Å². The third-order valence-corrected chi connectivity index (χ3v) is 6.20. The summed E-state index contributed by atoms with van der Waals surface area (Å²) in [5, 5.41) is 3.21. The molecule has 2 atom stereocenters. The molecule has 0 fully saturated rings. The van der Waals surface area contributed by atoms with Crippen molar-refractivity contribution in [3.8, 4) is 11.5 Å². The topological polar surface area (TPSA) is 47.6 Å². The number of carbonyl (C=O) groups is 1. The van der Waals surface area contributed by atoms with Gasteiger partial charge in [-0.3, -0.25) is 4.79 Å². The highest BCUT2D eigenvalue weighted by Crippen LogP contribution is 2.42. The van der Waals surface area contributed by atoms with Crippen LogP contribution in [0.1, 0.15) is 78.0 Å². The SMILES string of the molecule is CCC1(CC)CC(NC(=O)C(C)Oc2ccc(C(C)(C)C)cc2)c2ccccc2O1. The van der Waals surface area contributed by atoms with E-state index in [0.29, 0.717) is 5.75 Å². The second kappa shape index (κ2) is 8.71. The van der Waals surface area contributed by atoms with Crippen molar-refractivity contribution in [3.05, 3.63) is 59.7 Å². The van der Waals surface area contributed by atoms with Crippen LogP contribution in [0, 0.1) is 0 Å². The summed E-state index contributed by atoms with van der Waals surface area (Å²) in [4.78, 5) is 13.0. The molecule has 0 spiro atoms. The molecule has 3 rings (SSSR count). The zero-order valence-electron chi connectivity index (χ0n) is 19.1. The molecule has 0 saturated carbocycles. The average molecular weight is 410 g/mol. The van der Waals surface area contributed by atoms with Gasteiger partial charge in [-0.2, -0.15) is 0 Å². The molecule has 0 saturated heterocycles. The number of hydrogen-bond donors (Lipinski definition) is 1. The van der Waals surface area contributed by atoms with Gasteiger partial charge in [0.1, 0.15) is 17.1 Å². The maximum absolute atomic E-state index is 13.0. The minimum Gasteiger partial charge on any atom is -0.487 e. The minimum absolute atomic E-state index is 0.0863. The van der Waals surface area contributed by atoms with Crippen molar-refractivity contribution in [2.24, 2.45) is 0 Å². The molecule has 4 heteroatoms. The molecule has 2 unspecified atom stereocenters. The average Bonchev–Trinajstić information content (AvgIpc) is 2.73. The summed E-state index contributed by atoms with van der Waals surface area (Å²) in [7, 11) is 0. The minimum atomic E-state index is -0.585.